The van der Waals surface area contributed by atoms with E-state index in [1.165, 1.54) is 6.08 Å². The Kier molecular flexibility index (Phi) is 7.35. The lowest BCUT2D eigenvalue weighted by Gasteiger charge is -2.12. The number of halogens is 3. The largest absolute Gasteiger partial charge is 0.534 e. The van der Waals surface area contributed by atoms with Crippen LogP contribution < -0.4 is 0 Å². The van der Waals surface area contributed by atoms with Gasteiger partial charge in [-0.2, -0.15) is 21.6 Å². The van der Waals surface area contributed by atoms with Crippen LogP contribution in [0.1, 0.15) is 52.4 Å². The topological polar surface area (TPSA) is 43.4 Å². The Morgan fingerprint density at radius 1 is 1.17 bits per heavy atom. The molecule has 0 aliphatic heterocycles. The van der Waals surface area contributed by atoms with Gasteiger partial charge >= 0.3 is 15.6 Å². The van der Waals surface area contributed by atoms with E-state index in [0.717, 1.165) is 19.3 Å². The summed E-state index contributed by atoms with van der Waals surface area (Å²) in [5, 5.41) is 0. The van der Waals surface area contributed by atoms with Crippen molar-refractivity contribution >= 4 is 10.1 Å². The molecule has 18 heavy (non-hydrogen) atoms. The molecule has 0 unspecified atom stereocenters. The third kappa shape index (κ3) is 6.28. The van der Waals surface area contributed by atoms with Crippen LogP contribution in [0, 0.1) is 0 Å². The van der Waals surface area contributed by atoms with Crippen LogP contribution in [0.5, 0.6) is 0 Å². The van der Waals surface area contributed by atoms with E-state index in [1.54, 1.807) is 6.92 Å². The van der Waals surface area contributed by atoms with Crippen LogP contribution in [0.15, 0.2) is 11.8 Å². The second kappa shape index (κ2) is 7.66. The average molecular weight is 288 g/mol. The molecule has 0 heterocycles. The summed E-state index contributed by atoms with van der Waals surface area (Å²) in [5.74, 6) is -0.120. The molecule has 0 saturated carbocycles. The highest BCUT2D eigenvalue weighted by Gasteiger charge is 2.48. The normalized spacial score (nSPS) is 13.7. The first-order valence-corrected chi connectivity index (χ1v) is 7.35. The van der Waals surface area contributed by atoms with Crippen molar-refractivity contribution in [2.24, 2.45) is 0 Å². The van der Waals surface area contributed by atoms with Gasteiger partial charge in [-0.3, -0.25) is 0 Å². The lowest BCUT2D eigenvalue weighted by molar-refractivity contribution is -0.0523. The molecule has 0 radical (unpaired) electrons. The van der Waals surface area contributed by atoms with Crippen molar-refractivity contribution in [2.45, 2.75) is 57.9 Å². The number of allylic oxidation sites excluding steroid dienone is 2. The summed E-state index contributed by atoms with van der Waals surface area (Å²) < 4.78 is 62.2. The van der Waals surface area contributed by atoms with Gasteiger partial charge in [0.1, 0.15) is 5.76 Å². The highest BCUT2D eigenvalue weighted by molar-refractivity contribution is 7.87. The van der Waals surface area contributed by atoms with Crippen molar-refractivity contribution < 1.29 is 25.8 Å². The van der Waals surface area contributed by atoms with Crippen LogP contribution in [0.25, 0.3) is 0 Å². The summed E-state index contributed by atoms with van der Waals surface area (Å²) in [6, 6.07) is 0. The summed E-state index contributed by atoms with van der Waals surface area (Å²) in [5.41, 5.74) is -5.37. The number of hydrogen-bond acceptors (Lipinski definition) is 3. The van der Waals surface area contributed by atoms with Gasteiger partial charge in [-0.15, -0.1) is 0 Å². The van der Waals surface area contributed by atoms with E-state index in [0.29, 0.717) is 12.8 Å². The van der Waals surface area contributed by atoms with Crippen LogP contribution in [0.3, 0.4) is 0 Å². The number of unbranched alkanes of at least 4 members (excludes halogenated alkanes) is 3. The van der Waals surface area contributed by atoms with Crippen LogP contribution in [0.2, 0.25) is 0 Å². The van der Waals surface area contributed by atoms with Gasteiger partial charge in [0, 0.05) is 6.42 Å². The molecular weight excluding hydrogens is 269 g/mol. The molecule has 0 saturated heterocycles. The standard InChI is InChI=1S/C11H19F3O3S/c1-3-5-6-7-9-10(8-4-2)17-18(15,16)11(12,13)14/h9H,3-8H2,1-2H3. The maximum Gasteiger partial charge on any atom is 0.534 e. The summed E-state index contributed by atoms with van der Waals surface area (Å²) in [4.78, 5) is 0. The Labute approximate surface area is 106 Å². The van der Waals surface area contributed by atoms with Crippen LogP contribution in [-0.4, -0.2) is 13.9 Å². The van der Waals surface area contributed by atoms with Crippen molar-refractivity contribution in [3.63, 3.8) is 0 Å². The molecule has 0 amide bonds. The zero-order chi connectivity index (χ0) is 14.2. The van der Waals surface area contributed by atoms with E-state index in [1.807, 2.05) is 6.92 Å². The van der Waals surface area contributed by atoms with Gasteiger partial charge in [-0.05, 0) is 25.3 Å². The van der Waals surface area contributed by atoms with Crippen molar-refractivity contribution in [3.8, 4) is 0 Å². The Morgan fingerprint density at radius 3 is 2.22 bits per heavy atom. The minimum absolute atomic E-state index is 0.120. The third-order valence-electron chi connectivity index (χ3n) is 2.18. The van der Waals surface area contributed by atoms with Gasteiger partial charge in [0.25, 0.3) is 0 Å². The molecule has 0 aromatic rings. The van der Waals surface area contributed by atoms with E-state index in [9.17, 15) is 21.6 Å². The van der Waals surface area contributed by atoms with Gasteiger partial charge in [-0.25, -0.2) is 0 Å². The SMILES string of the molecule is CCCCCC=C(CCC)OS(=O)(=O)C(F)(F)F. The molecule has 0 atom stereocenters. The molecule has 0 N–H and O–H groups in total. The van der Waals surface area contributed by atoms with E-state index >= 15 is 0 Å². The van der Waals surface area contributed by atoms with Gasteiger partial charge < -0.3 is 4.18 Å². The quantitative estimate of drug-likeness (QED) is 0.292. The van der Waals surface area contributed by atoms with E-state index in [-0.39, 0.29) is 12.2 Å². The summed E-state index contributed by atoms with van der Waals surface area (Å²) in [7, 11) is -5.53. The molecule has 0 fully saturated rings. The molecule has 7 heteroatoms. The van der Waals surface area contributed by atoms with Crippen molar-refractivity contribution in [3.05, 3.63) is 11.8 Å². The zero-order valence-corrected chi connectivity index (χ0v) is 11.4. The Bertz CT molecular complexity index is 358. The van der Waals surface area contributed by atoms with Crippen molar-refractivity contribution in [1.29, 1.82) is 0 Å². The fourth-order valence-electron chi connectivity index (χ4n) is 1.27. The molecule has 0 aliphatic carbocycles. The number of hydrogen-bond donors (Lipinski definition) is 0. The van der Waals surface area contributed by atoms with Gasteiger partial charge in [0.05, 0.1) is 0 Å². The molecule has 0 aromatic heterocycles. The highest BCUT2D eigenvalue weighted by Crippen LogP contribution is 2.27. The summed E-state index contributed by atoms with van der Waals surface area (Å²) in [6.07, 6.45) is 5.40. The number of rotatable bonds is 8. The average Bonchev–Trinajstić information content (AvgIpc) is 2.22. The van der Waals surface area contributed by atoms with Crippen molar-refractivity contribution in [2.75, 3.05) is 0 Å². The van der Waals surface area contributed by atoms with Gasteiger partial charge in [-0.1, -0.05) is 26.7 Å². The van der Waals surface area contributed by atoms with Crippen molar-refractivity contribution in [1.82, 2.24) is 0 Å². The molecule has 0 aliphatic rings. The lowest BCUT2D eigenvalue weighted by Crippen LogP contribution is -2.25. The van der Waals surface area contributed by atoms with E-state index in [4.69, 9.17) is 0 Å². The lowest BCUT2D eigenvalue weighted by atomic mass is 10.2. The Hall–Kier alpha value is -0.720. The first kappa shape index (κ1) is 17.3. The Balaban J connectivity index is 4.63. The molecule has 3 nitrogen and oxygen atoms in total. The van der Waals surface area contributed by atoms with Gasteiger partial charge in [0.2, 0.25) is 0 Å². The smallest absolute Gasteiger partial charge is 0.381 e. The second-order valence-corrected chi connectivity index (χ2v) is 5.44. The summed E-state index contributed by atoms with van der Waals surface area (Å²) >= 11 is 0. The molecule has 0 rings (SSSR count). The highest BCUT2D eigenvalue weighted by atomic mass is 32.2. The zero-order valence-electron chi connectivity index (χ0n) is 10.6. The molecule has 0 bridgehead atoms. The predicted molar refractivity (Wildman–Crippen MR) is 63.2 cm³/mol. The first-order chi connectivity index (χ1) is 8.24. The summed E-state index contributed by atoms with van der Waals surface area (Å²) in [6.45, 7) is 3.74. The number of alkyl halides is 3. The maximum absolute atomic E-state index is 12.1. The first-order valence-electron chi connectivity index (χ1n) is 5.94. The fourth-order valence-corrected chi connectivity index (χ4v) is 1.80. The van der Waals surface area contributed by atoms with E-state index < -0.39 is 15.6 Å². The minimum Gasteiger partial charge on any atom is -0.381 e. The minimum atomic E-state index is -5.53. The Morgan fingerprint density at radius 2 is 1.78 bits per heavy atom. The molecular formula is C11H19F3O3S. The second-order valence-electron chi connectivity index (χ2n) is 3.90. The van der Waals surface area contributed by atoms with Crippen LogP contribution in [0.4, 0.5) is 13.2 Å². The van der Waals surface area contributed by atoms with E-state index in [2.05, 4.69) is 4.18 Å². The molecule has 108 valence electrons. The van der Waals surface area contributed by atoms with Crippen LogP contribution in [-0.2, 0) is 14.3 Å². The fraction of sp³-hybridized carbons (Fsp3) is 0.818. The maximum atomic E-state index is 12.1. The molecule has 0 aromatic carbocycles. The van der Waals surface area contributed by atoms with Crippen LogP contribution >= 0.6 is 0 Å². The predicted octanol–water partition coefficient (Wildman–Crippen LogP) is 4.12. The monoisotopic (exact) mass is 288 g/mol. The van der Waals surface area contributed by atoms with Gasteiger partial charge in [0.15, 0.2) is 0 Å². The molecule has 0 spiro atoms. The third-order valence-corrected chi connectivity index (χ3v) is 3.18.